The Morgan fingerprint density at radius 2 is 0.645 bits per heavy atom. The largest absolute Gasteiger partial charge is 0.343 e. The molecule has 6 unspecified atom stereocenters. The van der Waals surface area contributed by atoms with Gasteiger partial charge < -0.3 is 29.4 Å². The number of likely N-dealkylation sites (N-methyl/N-ethyl adjacent to an activating group) is 9. The van der Waals surface area contributed by atoms with Gasteiger partial charge in [0.25, 0.3) is 0 Å². The maximum Gasteiger partial charge on any atom is 0.247 e. The Kier molecular flexibility index (Phi) is 23.4. The molecule has 0 aromatic heterocycles. The van der Waals surface area contributed by atoms with Gasteiger partial charge in [-0.3, -0.25) is 43.5 Å². The fourth-order valence-electron chi connectivity index (χ4n) is 9.25. The molecule has 0 saturated carbocycles. The fourth-order valence-corrected chi connectivity index (χ4v) is 9.25. The Bertz CT molecular complexity index is 1440. The standard InChI is InChI=1S/C47H93N9O6/c1-29(2)37(30(3)4)43(59)51(20)27-35(55(24)46(62)40(33(9)10)50(18)19)42(58)56(25)36(47(11,12)13)28-53(22)41(57)34(54(23)45(61)39(32(7)8)49(16)17)26-52(21)44(60)38(31(5)6)48(14)15/h29-40H,26-28H2,1-25H3. The summed E-state index contributed by atoms with van der Waals surface area (Å²) in [6.07, 6.45) is 0. The second kappa shape index (κ2) is 24.7. The molecule has 0 heterocycles. The summed E-state index contributed by atoms with van der Waals surface area (Å²) in [5.41, 5.74) is -0.577. The number of amides is 6. The van der Waals surface area contributed by atoms with Crippen LogP contribution in [0.5, 0.6) is 0 Å². The van der Waals surface area contributed by atoms with Crippen molar-refractivity contribution in [3.8, 4) is 0 Å². The van der Waals surface area contributed by atoms with E-state index in [9.17, 15) is 24.0 Å². The van der Waals surface area contributed by atoms with Crippen LogP contribution in [0.25, 0.3) is 0 Å². The van der Waals surface area contributed by atoms with Crippen LogP contribution in [0.1, 0.15) is 90.0 Å². The van der Waals surface area contributed by atoms with E-state index in [1.54, 1.807) is 57.0 Å². The number of hydrogen-bond donors (Lipinski definition) is 0. The summed E-state index contributed by atoms with van der Waals surface area (Å²) < 4.78 is 0. The van der Waals surface area contributed by atoms with Crippen LogP contribution in [0.4, 0.5) is 0 Å². The Morgan fingerprint density at radius 3 is 0.935 bits per heavy atom. The molecule has 6 atom stereocenters. The summed E-state index contributed by atoms with van der Waals surface area (Å²) in [6.45, 7) is 25.9. The van der Waals surface area contributed by atoms with Crippen LogP contribution < -0.4 is 0 Å². The van der Waals surface area contributed by atoms with E-state index in [4.69, 9.17) is 0 Å². The molecule has 0 aliphatic heterocycles. The van der Waals surface area contributed by atoms with Gasteiger partial charge in [-0.15, -0.1) is 0 Å². The third-order valence-corrected chi connectivity index (χ3v) is 12.5. The van der Waals surface area contributed by atoms with Gasteiger partial charge in [0.15, 0.2) is 0 Å². The molecule has 0 radical (unpaired) electrons. The first-order valence-corrected chi connectivity index (χ1v) is 22.6. The molecule has 0 aromatic rings. The molecular formula is C47H93N9O6. The topological polar surface area (TPSA) is 132 Å². The number of carbonyl (C=O) groups excluding carboxylic acids is 6. The highest BCUT2D eigenvalue weighted by Crippen LogP contribution is 2.28. The molecule has 6 amide bonds. The molecule has 0 fully saturated rings. The summed E-state index contributed by atoms with van der Waals surface area (Å²) in [6, 6.07) is -4.11. The molecule has 0 bridgehead atoms. The lowest BCUT2D eigenvalue weighted by atomic mass is 9.84. The average molecular weight is 880 g/mol. The molecule has 0 N–H and O–H groups in total. The maximum absolute atomic E-state index is 15.1. The van der Waals surface area contributed by atoms with Crippen molar-refractivity contribution in [2.75, 3.05) is 104 Å². The summed E-state index contributed by atoms with van der Waals surface area (Å²) in [7, 11) is 21.0. The minimum Gasteiger partial charge on any atom is -0.343 e. The molecule has 0 saturated heterocycles. The lowest BCUT2D eigenvalue weighted by molar-refractivity contribution is -0.154. The lowest BCUT2D eigenvalue weighted by Gasteiger charge is -2.44. The molecule has 62 heavy (non-hydrogen) atoms. The van der Waals surface area contributed by atoms with E-state index in [1.807, 2.05) is 147 Å². The first-order valence-electron chi connectivity index (χ1n) is 22.6. The maximum atomic E-state index is 15.1. The van der Waals surface area contributed by atoms with Gasteiger partial charge >= 0.3 is 0 Å². The smallest absolute Gasteiger partial charge is 0.247 e. The fraction of sp³-hybridized carbons (Fsp3) is 0.872. The Hall–Kier alpha value is -3.30. The molecule has 0 rings (SSSR count). The first kappa shape index (κ1) is 58.7. The Labute approximate surface area is 378 Å². The van der Waals surface area contributed by atoms with E-state index in [0.29, 0.717) is 0 Å². The van der Waals surface area contributed by atoms with Gasteiger partial charge in [-0.25, -0.2) is 0 Å². The van der Waals surface area contributed by atoms with Crippen LogP contribution in [0.2, 0.25) is 0 Å². The highest BCUT2D eigenvalue weighted by Gasteiger charge is 2.43. The van der Waals surface area contributed by atoms with E-state index in [1.165, 1.54) is 14.7 Å². The van der Waals surface area contributed by atoms with Crippen molar-refractivity contribution in [1.82, 2.24) is 44.1 Å². The van der Waals surface area contributed by atoms with Crippen LogP contribution in [0.3, 0.4) is 0 Å². The van der Waals surface area contributed by atoms with Gasteiger partial charge in [-0.2, -0.15) is 0 Å². The predicted molar refractivity (Wildman–Crippen MR) is 252 cm³/mol. The van der Waals surface area contributed by atoms with Crippen LogP contribution in [0.15, 0.2) is 0 Å². The summed E-state index contributed by atoms with van der Waals surface area (Å²) in [5.74, 6) is -1.72. The second-order valence-electron chi connectivity index (χ2n) is 21.4. The van der Waals surface area contributed by atoms with Gasteiger partial charge in [0, 0.05) is 67.8 Å². The summed E-state index contributed by atoms with van der Waals surface area (Å²) >= 11 is 0. The highest BCUT2D eigenvalue weighted by atomic mass is 16.2. The van der Waals surface area contributed by atoms with E-state index < -0.39 is 41.7 Å². The highest BCUT2D eigenvalue weighted by molar-refractivity contribution is 5.92. The van der Waals surface area contributed by atoms with Crippen molar-refractivity contribution >= 4 is 35.4 Å². The average Bonchev–Trinajstić information content (AvgIpc) is 3.11. The van der Waals surface area contributed by atoms with Gasteiger partial charge in [-0.1, -0.05) is 90.0 Å². The van der Waals surface area contributed by atoms with Gasteiger partial charge in [0.1, 0.15) is 12.1 Å². The van der Waals surface area contributed by atoms with Gasteiger partial charge in [-0.05, 0) is 77.3 Å². The van der Waals surface area contributed by atoms with Crippen molar-refractivity contribution in [3.63, 3.8) is 0 Å². The minimum atomic E-state index is -1.04. The molecule has 15 nitrogen and oxygen atoms in total. The SMILES string of the molecule is CC(C)C(C(=O)N(C)CC(C(=O)N(C)C(CN(C)C(=O)C(CN(C)C(=O)C(C(C)C)N(C)C)N(C)C(=O)C(C(C)C)N(C)C)C(C)(C)C)N(C)C(=O)C(C(C)C)N(C)C)C(C)C. The van der Waals surface area contributed by atoms with E-state index in [0.717, 1.165) is 0 Å². The van der Waals surface area contributed by atoms with Crippen molar-refractivity contribution < 1.29 is 28.8 Å². The Morgan fingerprint density at radius 1 is 0.355 bits per heavy atom. The van der Waals surface area contributed by atoms with Crippen molar-refractivity contribution in [3.05, 3.63) is 0 Å². The van der Waals surface area contributed by atoms with Crippen LogP contribution in [0, 0.1) is 40.9 Å². The van der Waals surface area contributed by atoms with E-state index in [2.05, 4.69) is 0 Å². The minimum absolute atomic E-state index is 0.00197. The number of hydrogen-bond acceptors (Lipinski definition) is 9. The quantitative estimate of drug-likeness (QED) is 0.151. The first-order chi connectivity index (χ1) is 28.1. The monoisotopic (exact) mass is 880 g/mol. The zero-order chi connectivity index (χ0) is 49.2. The third-order valence-electron chi connectivity index (χ3n) is 12.5. The van der Waals surface area contributed by atoms with Crippen LogP contribution >= 0.6 is 0 Å². The van der Waals surface area contributed by atoms with E-state index in [-0.39, 0.29) is 90.6 Å². The number of nitrogens with zero attached hydrogens (tertiary/aromatic N) is 9. The molecule has 15 heteroatoms. The molecule has 0 aromatic carbocycles. The van der Waals surface area contributed by atoms with Crippen LogP contribution in [-0.4, -0.2) is 220 Å². The Balaban J connectivity index is 7.39. The zero-order valence-electron chi connectivity index (χ0n) is 44.0. The van der Waals surface area contributed by atoms with Crippen molar-refractivity contribution in [1.29, 1.82) is 0 Å². The molecular weight excluding hydrogens is 787 g/mol. The molecule has 0 aliphatic carbocycles. The van der Waals surface area contributed by atoms with Gasteiger partial charge in [0.2, 0.25) is 35.4 Å². The molecule has 0 aliphatic rings. The van der Waals surface area contributed by atoms with Crippen molar-refractivity contribution in [2.24, 2.45) is 40.9 Å². The van der Waals surface area contributed by atoms with Crippen molar-refractivity contribution in [2.45, 2.75) is 126 Å². The number of carbonyl (C=O) groups is 6. The molecule has 0 spiro atoms. The second-order valence-corrected chi connectivity index (χ2v) is 21.4. The zero-order valence-corrected chi connectivity index (χ0v) is 44.0. The van der Waals surface area contributed by atoms with Gasteiger partial charge in [0.05, 0.1) is 24.2 Å². The third kappa shape index (κ3) is 15.5. The van der Waals surface area contributed by atoms with Crippen LogP contribution in [-0.2, 0) is 28.8 Å². The number of rotatable bonds is 23. The summed E-state index contributed by atoms with van der Waals surface area (Å²) in [5, 5.41) is 0. The molecule has 362 valence electrons. The predicted octanol–water partition coefficient (Wildman–Crippen LogP) is 3.58. The van der Waals surface area contributed by atoms with E-state index >= 15 is 4.79 Å². The lowest BCUT2D eigenvalue weighted by Crippen LogP contribution is -2.63. The normalized spacial score (nSPS) is 15.4. The summed E-state index contributed by atoms with van der Waals surface area (Å²) in [4.78, 5) is 101.